The molecule has 2 heterocycles. The van der Waals surface area contributed by atoms with Crippen LogP contribution in [0.4, 0.5) is 0 Å². The molecule has 2 bridgehead atoms. The van der Waals surface area contributed by atoms with Gasteiger partial charge in [0, 0.05) is 18.2 Å². The third-order valence-electron chi connectivity index (χ3n) is 6.82. The highest BCUT2D eigenvalue weighted by Gasteiger charge is 2.51. The summed E-state index contributed by atoms with van der Waals surface area (Å²) in [5, 5.41) is 5.72. The van der Waals surface area contributed by atoms with Gasteiger partial charge in [-0.25, -0.2) is 4.68 Å². The second-order valence-electron chi connectivity index (χ2n) is 10.4. The first kappa shape index (κ1) is 21.5. The van der Waals surface area contributed by atoms with Crippen molar-refractivity contribution in [1.29, 1.82) is 0 Å². The quantitative estimate of drug-likeness (QED) is 0.420. The number of carbonyl (C=O) groups excluding carboxylic acids is 1. The van der Waals surface area contributed by atoms with Crippen molar-refractivity contribution in [3.63, 3.8) is 0 Å². The number of nitrogens with zero attached hydrogens (tertiary/aromatic N) is 3. The van der Waals surface area contributed by atoms with Gasteiger partial charge in [-0.05, 0) is 54.4 Å². The first-order valence-corrected chi connectivity index (χ1v) is 11.8. The van der Waals surface area contributed by atoms with Crippen molar-refractivity contribution in [3.05, 3.63) is 70.3 Å². The minimum Gasteiger partial charge on any atom is -0.334 e. The first-order valence-electron chi connectivity index (χ1n) is 11.1. The van der Waals surface area contributed by atoms with E-state index in [0.717, 1.165) is 42.8 Å². The molecule has 5 rings (SSSR count). The molecule has 1 aromatic heterocycles. The van der Waals surface area contributed by atoms with Gasteiger partial charge >= 0.3 is 0 Å². The molecule has 6 heteroatoms. The van der Waals surface area contributed by atoms with E-state index < -0.39 is 0 Å². The van der Waals surface area contributed by atoms with Gasteiger partial charge in [-0.1, -0.05) is 74.3 Å². The Kier molecular flexibility index (Phi) is 5.14. The molecule has 32 heavy (non-hydrogen) atoms. The summed E-state index contributed by atoms with van der Waals surface area (Å²) in [6.45, 7) is 7.74. The van der Waals surface area contributed by atoms with Crippen LogP contribution in [0.2, 0.25) is 10.0 Å². The molecule has 2 atom stereocenters. The predicted molar refractivity (Wildman–Crippen MR) is 130 cm³/mol. The van der Waals surface area contributed by atoms with E-state index in [0.29, 0.717) is 15.7 Å². The van der Waals surface area contributed by atoms with Gasteiger partial charge in [-0.3, -0.25) is 4.79 Å². The highest BCUT2D eigenvalue weighted by molar-refractivity contribution is 6.42. The van der Waals surface area contributed by atoms with E-state index in [4.69, 9.17) is 28.3 Å². The van der Waals surface area contributed by atoms with Crippen molar-refractivity contribution >= 4 is 29.1 Å². The van der Waals surface area contributed by atoms with Crippen LogP contribution >= 0.6 is 23.2 Å². The molecule has 2 aliphatic rings. The predicted octanol–water partition coefficient (Wildman–Crippen LogP) is 6.89. The third kappa shape index (κ3) is 3.84. The molecule has 0 radical (unpaired) electrons. The molecular weight excluding hydrogens is 441 g/mol. The van der Waals surface area contributed by atoms with Gasteiger partial charge in [0.05, 0.1) is 21.4 Å². The molecule has 0 spiro atoms. The van der Waals surface area contributed by atoms with E-state index >= 15 is 0 Å². The van der Waals surface area contributed by atoms with Gasteiger partial charge in [0.15, 0.2) is 0 Å². The Balaban J connectivity index is 1.59. The molecule has 166 valence electrons. The molecule has 1 saturated carbocycles. The van der Waals surface area contributed by atoms with Gasteiger partial charge in [-0.2, -0.15) is 5.10 Å². The molecule has 4 nitrogen and oxygen atoms in total. The van der Waals surface area contributed by atoms with Gasteiger partial charge in [-0.15, -0.1) is 0 Å². The Morgan fingerprint density at radius 3 is 2.47 bits per heavy atom. The molecule has 3 aromatic rings. The maximum absolute atomic E-state index is 13.9. The van der Waals surface area contributed by atoms with Crippen LogP contribution in [-0.2, 0) is 0 Å². The third-order valence-corrected chi connectivity index (χ3v) is 7.56. The van der Waals surface area contributed by atoms with Crippen LogP contribution in [0.1, 0.15) is 50.5 Å². The average Bonchev–Trinajstić information content (AvgIpc) is 3.28. The first-order chi connectivity index (χ1) is 15.1. The molecule has 2 aromatic carbocycles. The number of aromatic nitrogens is 2. The van der Waals surface area contributed by atoms with Crippen molar-refractivity contribution in [2.45, 2.75) is 46.1 Å². The average molecular weight is 468 g/mol. The molecule has 0 N–H and O–H groups in total. The standard InChI is InChI=1S/C26H27Cl2N3O/c1-25(2)13-19-14-26(3,15-25)16-30(19)24(32)23-12-22(17-7-5-4-6-8-17)29-31(23)18-9-10-20(27)21(28)11-18/h4-12,19H,13-16H2,1-3H3. The van der Waals surface area contributed by atoms with Crippen LogP contribution in [0.3, 0.4) is 0 Å². The monoisotopic (exact) mass is 467 g/mol. The Labute approximate surface area is 199 Å². The van der Waals surface area contributed by atoms with Crippen LogP contribution in [0, 0.1) is 10.8 Å². The summed E-state index contributed by atoms with van der Waals surface area (Å²) in [4.78, 5) is 16.0. The number of hydrogen-bond donors (Lipinski definition) is 0. The molecule has 1 amide bonds. The van der Waals surface area contributed by atoms with Crippen LogP contribution in [0.15, 0.2) is 54.6 Å². The number of hydrogen-bond acceptors (Lipinski definition) is 2. The molecule has 2 unspecified atom stereocenters. The molecular formula is C26H27Cl2N3O. The van der Waals surface area contributed by atoms with E-state index in [1.54, 1.807) is 16.8 Å². The minimum absolute atomic E-state index is 0.0252. The smallest absolute Gasteiger partial charge is 0.272 e. The summed E-state index contributed by atoms with van der Waals surface area (Å²) in [5.74, 6) is 0.0252. The van der Waals surface area contributed by atoms with Crippen LogP contribution in [0.5, 0.6) is 0 Å². The number of fused-ring (bicyclic) bond motifs is 2. The molecule has 2 fully saturated rings. The van der Waals surface area contributed by atoms with E-state index in [1.165, 1.54) is 0 Å². The second kappa shape index (κ2) is 7.64. The van der Waals surface area contributed by atoms with Crippen LogP contribution in [-0.4, -0.2) is 33.2 Å². The van der Waals surface area contributed by atoms with Gasteiger partial charge in [0.2, 0.25) is 0 Å². The zero-order valence-electron chi connectivity index (χ0n) is 18.6. The lowest BCUT2D eigenvalue weighted by molar-refractivity contribution is 0.0699. The van der Waals surface area contributed by atoms with Crippen LogP contribution in [0.25, 0.3) is 16.9 Å². The van der Waals surface area contributed by atoms with Crippen molar-refractivity contribution in [3.8, 4) is 16.9 Å². The fourth-order valence-corrected chi connectivity index (χ4v) is 6.23. The molecule has 1 aliphatic carbocycles. The zero-order chi connectivity index (χ0) is 22.7. The highest BCUT2D eigenvalue weighted by atomic mass is 35.5. The number of carbonyl (C=O) groups is 1. The highest BCUT2D eigenvalue weighted by Crippen LogP contribution is 2.52. The van der Waals surface area contributed by atoms with Crippen LogP contribution < -0.4 is 0 Å². The summed E-state index contributed by atoms with van der Waals surface area (Å²) in [7, 11) is 0. The summed E-state index contributed by atoms with van der Waals surface area (Å²) in [5.41, 5.74) is 3.40. The minimum atomic E-state index is 0.0252. The maximum Gasteiger partial charge on any atom is 0.272 e. The fourth-order valence-electron chi connectivity index (χ4n) is 5.94. The lowest BCUT2D eigenvalue weighted by Gasteiger charge is -2.39. The number of halogens is 2. The number of amides is 1. The normalized spacial score (nSPS) is 24.0. The largest absolute Gasteiger partial charge is 0.334 e. The van der Waals surface area contributed by atoms with E-state index in [9.17, 15) is 4.79 Å². The number of likely N-dealkylation sites (tertiary alicyclic amines) is 1. The lowest BCUT2D eigenvalue weighted by atomic mass is 9.65. The fraction of sp³-hybridized carbons (Fsp3) is 0.385. The van der Waals surface area contributed by atoms with Gasteiger partial charge in [0.1, 0.15) is 5.69 Å². The summed E-state index contributed by atoms with van der Waals surface area (Å²) in [6, 6.07) is 17.4. The van der Waals surface area contributed by atoms with E-state index in [2.05, 4.69) is 25.7 Å². The number of rotatable bonds is 3. The SMILES string of the molecule is CC1(C)CC2CC(C)(CN2C(=O)c2cc(-c3ccccc3)nn2-c2ccc(Cl)c(Cl)c2)C1. The van der Waals surface area contributed by atoms with Crippen molar-refractivity contribution < 1.29 is 4.79 Å². The zero-order valence-corrected chi connectivity index (χ0v) is 20.1. The Hall–Kier alpha value is -2.30. The Morgan fingerprint density at radius 2 is 1.75 bits per heavy atom. The van der Waals surface area contributed by atoms with Gasteiger partial charge in [0.25, 0.3) is 5.91 Å². The lowest BCUT2D eigenvalue weighted by Crippen LogP contribution is -2.38. The summed E-state index contributed by atoms with van der Waals surface area (Å²) >= 11 is 12.4. The molecule has 1 aliphatic heterocycles. The topological polar surface area (TPSA) is 38.1 Å². The second-order valence-corrected chi connectivity index (χ2v) is 11.3. The van der Waals surface area contributed by atoms with E-state index in [1.807, 2.05) is 42.5 Å². The number of benzene rings is 2. The summed E-state index contributed by atoms with van der Waals surface area (Å²) < 4.78 is 1.71. The Bertz CT molecular complexity index is 1190. The Morgan fingerprint density at radius 1 is 1.00 bits per heavy atom. The summed E-state index contributed by atoms with van der Waals surface area (Å²) in [6.07, 6.45) is 3.23. The molecule has 1 saturated heterocycles. The van der Waals surface area contributed by atoms with Gasteiger partial charge < -0.3 is 4.90 Å². The van der Waals surface area contributed by atoms with Crippen molar-refractivity contribution in [2.75, 3.05) is 6.54 Å². The van der Waals surface area contributed by atoms with E-state index in [-0.39, 0.29) is 22.8 Å². The van der Waals surface area contributed by atoms with Crippen molar-refractivity contribution in [2.24, 2.45) is 10.8 Å². The maximum atomic E-state index is 13.9. The van der Waals surface area contributed by atoms with Crippen molar-refractivity contribution in [1.82, 2.24) is 14.7 Å².